The van der Waals surface area contributed by atoms with Crippen LogP contribution < -0.4 is 0 Å². The van der Waals surface area contributed by atoms with E-state index in [1.807, 2.05) is 11.4 Å². The van der Waals surface area contributed by atoms with Crippen molar-refractivity contribution in [2.75, 3.05) is 0 Å². The fourth-order valence-electron chi connectivity index (χ4n) is 0.873. The Morgan fingerprint density at radius 2 is 2.42 bits per heavy atom. The molecule has 0 fully saturated rings. The second-order valence-electron chi connectivity index (χ2n) is 2.20. The van der Waals surface area contributed by atoms with Gasteiger partial charge in [-0.3, -0.25) is 0 Å². The SMILES string of the molecule is S=c1[nH]c(-c2csc(Cl)c2)co1. The maximum absolute atomic E-state index is 5.77. The summed E-state index contributed by atoms with van der Waals surface area (Å²) >= 11 is 12.0. The van der Waals surface area contributed by atoms with Crippen molar-refractivity contribution in [3.05, 3.63) is 26.9 Å². The molecule has 1 N–H and O–H groups in total. The summed E-state index contributed by atoms with van der Waals surface area (Å²) in [5.41, 5.74) is 1.87. The van der Waals surface area contributed by atoms with Gasteiger partial charge in [0.1, 0.15) is 6.26 Å². The van der Waals surface area contributed by atoms with Crippen molar-refractivity contribution in [2.45, 2.75) is 0 Å². The zero-order valence-electron chi connectivity index (χ0n) is 5.83. The molecule has 2 aromatic rings. The number of hydrogen-bond acceptors (Lipinski definition) is 3. The average Bonchev–Trinajstić information content (AvgIpc) is 2.58. The highest BCUT2D eigenvalue weighted by atomic mass is 35.5. The molecule has 0 aliphatic heterocycles. The monoisotopic (exact) mass is 217 g/mol. The van der Waals surface area contributed by atoms with E-state index in [0.29, 0.717) is 4.84 Å². The van der Waals surface area contributed by atoms with Crippen molar-refractivity contribution >= 4 is 35.2 Å². The van der Waals surface area contributed by atoms with Crippen LogP contribution in [0.3, 0.4) is 0 Å². The topological polar surface area (TPSA) is 28.9 Å². The lowest BCUT2D eigenvalue weighted by atomic mass is 10.3. The van der Waals surface area contributed by atoms with Crippen molar-refractivity contribution in [2.24, 2.45) is 0 Å². The summed E-state index contributed by atoms with van der Waals surface area (Å²) in [5.74, 6) is 0. The Morgan fingerprint density at radius 1 is 1.58 bits per heavy atom. The summed E-state index contributed by atoms with van der Waals surface area (Å²) in [4.78, 5) is 3.28. The molecule has 12 heavy (non-hydrogen) atoms. The summed E-state index contributed by atoms with van der Waals surface area (Å²) in [6, 6.07) is 1.86. The van der Waals surface area contributed by atoms with E-state index < -0.39 is 0 Å². The summed E-state index contributed by atoms with van der Waals surface area (Å²) in [7, 11) is 0. The van der Waals surface area contributed by atoms with Crippen LogP contribution in [0.25, 0.3) is 11.3 Å². The van der Waals surface area contributed by atoms with Gasteiger partial charge in [0, 0.05) is 10.9 Å². The Hall–Kier alpha value is -0.580. The minimum Gasteiger partial charge on any atom is -0.437 e. The fraction of sp³-hybridized carbons (Fsp3) is 0. The van der Waals surface area contributed by atoms with Gasteiger partial charge in [0.2, 0.25) is 0 Å². The van der Waals surface area contributed by atoms with Crippen molar-refractivity contribution in [1.29, 1.82) is 0 Å². The highest BCUT2D eigenvalue weighted by Crippen LogP contribution is 2.27. The van der Waals surface area contributed by atoms with Crippen LogP contribution in [-0.2, 0) is 0 Å². The summed E-state index contributed by atoms with van der Waals surface area (Å²) < 4.78 is 5.70. The Balaban J connectivity index is 2.50. The Bertz CT molecular complexity index is 442. The summed E-state index contributed by atoms with van der Waals surface area (Å²) in [5, 5.41) is 1.94. The van der Waals surface area contributed by atoms with E-state index in [1.54, 1.807) is 6.26 Å². The number of aromatic amines is 1. The standard InChI is InChI=1S/C7H4ClNOS2/c8-6-1-4(3-12-6)5-2-10-7(11)9-5/h1-3H,(H,9,11). The molecular formula is C7H4ClNOS2. The van der Waals surface area contributed by atoms with Crippen molar-refractivity contribution in [3.63, 3.8) is 0 Å². The van der Waals surface area contributed by atoms with Crippen LogP contribution in [0.2, 0.25) is 4.34 Å². The zero-order chi connectivity index (χ0) is 8.55. The van der Waals surface area contributed by atoms with E-state index >= 15 is 0 Å². The van der Waals surface area contributed by atoms with E-state index in [-0.39, 0.29) is 0 Å². The predicted octanol–water partition coefficient (Wildman–Crippen LogP) is 3.72. The van der Waals surface area contributed by atoms with Crippen molar-refractivity contribution in [3.8, 4) is 11.3 Å². The third kappa shape index (κ3) is 1.46. The normalized spacial score (nSPS) is 10.4. The molecule has 0 saturated heterocycles. The van der Waals surface area contributed by atoms with Gasteiger partial charge in [-0.1, -0.05) is 11.6 Å². The number of rotatable bonds is 1. The van der Waals surface area contributed by atoms with Gasteiger partial charge in [0.25, 0.3) is 4.84 Å². The molecule has 5 heteroatoms. The number of H-pyrrole nitrogens is 1. The van der Waals surface area contributed by atoms with Crippen LogP contribution in [0, 0.1) is 4.84 Å². The smallest absolute Gasteiger partial charge is 0.266 e. The summed E-state index contributed by atoms with van der Waals surface area (Å²) in [6.45, 7) is 0. The number of aromatic nitrogens is 1. The molecule has 0 aliphatic carbocycles. The largest absolute Gasteiger partial charge is 0.437 e. The molecule has 2 aromatic heterocycles. The second kappa shape index (κ2) is 3.05. The van der Waals surface area contributed by atoms with E-state index in [1.165, 1.54) is 11.3 Å². The number of oxazole rings is 1. The van der Waals surface area contributed by atoms with Gasteiger partial charge in [0.15, 0.2) is 0 Å². The molecule has 2 rings (SSSR count). The third-order valence-corrected chi connectivity index (χ3v) is 2.69. The van der Waals surface area contributed by atoms with Crippen LogP contribution in [0.15, 0.2) is 22.1 Å². The average molecular weight is 218 g/mol. The molecule has 0 unspecified atom stereocenters. The number of thiophene rings is 1. The zero-order valence-corrected chi connectivity index (χ0v) is 8.22. The van der Waals surface area contributed by atoms with Crippen LogP contribution in [0.1, 0.15) is 0 Å². The van der Waals surface area contributed by atoms with Crippen LogP contribution in [-0.4, -0.2) is 4.98 Å². The van der Waals surface area contributed by atoms with Crippen LogP contribution in [0.4, 0.5) is 0 Å². The maximum Gasteiger partial charge on any atom is 0.266 e. The van der Waals surface area contributed by atoms with E-state index in [4.69, 9.17) is 28.2 Å². The molecule has 0 amide bonds. The predicted molar refractivity (Wildman–Crippen MR) is 52.2 cm³/mol. The number of hydrogen-bond donors (Lipinski definition) is 1. The Kier molecular flexibility index (Phi) is 2.04. The quantitative estimate of drug-likeness (QED) is 0.738. The summed E-state index contributed by atoms with van der Waals surface area (Å²) in [6.07, 6.45) is 1.58. The van der Waals surface area contributed by atoms with Gasteiger partial charge < -0.3 is 9.40 Å². The Morgan fingerprint density at radius 3 is 2.92 bits per heavy atom. The molecule has 0 spiro atoms. The third-order valence-electron chi connectivity index (χ3n) is 1.40. The first-order chi connectivity index (χ1) is 5.75. The first-order valence-corrected chi connectivity index (χ1v) is 4.84. The van der Waals surface area contributed by atoms with Crippen LogP contribution >= 0.6 is 35.2 Å². The Labute approximate surface area is 82.8 Å². The van der Waals surface area contributed by atoms with Gasteiger partial charge in [-0.15, -0.1) is 11.3 Å². The van der Waals surface area contributed by atoms with E-state index in [9.17, 15) is 0 Å². The van der Waals surface area contributed by atoms with Gasteiger partial charge in [0.05, 0.1) is 10.0 Å². The highest BCUT2D eigenvalue weighted by Gasteiger charge is 2.02. The van der Waals surface area contributed by atoms with Crippen molar-refractivity contribution in [1.82, 2.24) is 4.98 Å². The van der Waals surface area contributed by atoms with Gasteiger partial charge >= 0.3 is 0 Å². The molecule has 0 atom stereocenters. The molecule has 0 bridgehead atoms. The molecule has 2 heterocycles. The lowest BCUT2D eigenvalue weighted by molar-refractivity contribution is 0.541. The van der Waals surface area contributed by atoms with E-state index in [0.717, 1.165) is 15.6 Å². The van der Waals surface area contributed by atoms with Gasteiger partial charge in [-0.25, -0.2) is 0 Å². The number of nitrogens with one attached hydrogen (secondary N) is 1. The lowest BCUT2D eigenvalue weighted by Crippen LogP contribution is -1.69. The van der Waals surface area contributed by atoms with Gasteiger partial charge in [-0.05, 0) is 18.3 Å². The molecule has 0 aromatic carbocycles. The molecule has 62 valence electrons. The molecule has 0 saturated carbocycles. The van der Waals surface area contributed by atoms with Crippen molar-refractivity contribution < 1.29 is 4.42 Å². The molecular weight excluding hydrogens is 214 g/mol. The fourth-order valence-corrected chi connectivity index (χ4v) is 1.91. The van der Waals surface area contributed by atoms with Gasteiger partial charge in [-0.2, -0.15) is 0 Å². The minimum absolute atomic E-state index is 0.382. The highest BCUT2D eigenvalue weighted by molar-refractivity contribution is 7.71. The van der Waals surface area contributed by atoms with Crippen LogP contribution in [0.5, 0.6) is 0 Å². The second-order valence-corrected chi connectivity index (χ2v) is 4.11. The molecule has 0 aliphatic rings. The first kappa shape index (κ1) is 8.04. The van der Waals surface area contributed by atoms with E-state index in [2.05, 4.69) is 4.98 Å². The lowest BCUT2D eigenvalue weighted by Gasteiger charge is -1.84. The maximum atomic E-state index is 5.77. The molecule has 0 radical (unpaired) electrons. The first-order valence-electron chi connectivity index (χ1n) is 3.18. The molecule has 2 nitrogen and oxygen atoms in total. The number of halogens is 1. The minimum atomic E-state index is 0.382.